The van der Waals surface area contributed by atoms with E-state index >= 15 is 0 Å². The SMILES string of the molecule is NC[C@H](NCC(F)(F)F)C(=O)Nc1ccc(N2CCOCC2=O)cc1C(F)(F)F. The third-order valence-electron chi connectivity index (χ3n) is 3.97. The standard InChI is InChI=1S/C16H18F6N4O3/c17-15(18,19)8-24-12(6-23)14(28)25-11-2-1-9(5-10(11)16(20,21)22)26-3-4-29-7-13(26)27/h1-2,5,12,24H,3-4,6-8,23H2,(H,25,28)/t12-/m0/s1. The van der Waals surface area contributed by atoms with Crippen LogP contribution in [0.4, 0.5) is 37.7 Å². The highest BCUT2D eigenvalue weighted by Crippen LogP contribution is 2.37. The van der Waals surface area contributed by atoms with Crippen molar-refractivity contribution in [1.82, 2.24) is 5.32 Å². The summed E-state index contributed by atoms with van der Waals surface area (Å²) in [4.78, 5) is 25.1. The van der Waals surface area contributed by atoms with Gasteiger partial charge in [0.1, 0.15) is 6.61 Å². The van der Waals surface area contributed by atoms with Crippen LogP contribution in [0.2, 0.25) is 0 Å². The molecule has 13 heteroatoms. The van der Waals surface area contributed by atoms with Crippen molar-refractivity contribution in [2.75, 3.05) is 43.1 Å². The highest BCUT2D eigenvalue weighted by molar-refractivity contribution is 5.97. The first-order valence-corrected chi connectivity index (χ1v) is 8.33. The van der Waals surface area contributed by atoms with Gasteiger partial charge in [0.15, 0.2) is 0 Å². The number of carbonyl (C=O) groups is 2. The third-order valence-corrected chi connectivity index (χ3v) is 3.97. The molecule has 1 aromatic carbocycles. The molecule has 0 bridgehead atoms. The number of nitrogens with zero attached hydrogens (tertiary/aromatic N) is 1. The molecule has 29 heavy (non-hydrogen) atoms. The molecule has 0 spiro atoms. The Balaban J connectivity index is 2.25. The molecule has 7 nitrogen and oxygen atoms in total. The minimum absolute atomic E-state index is 0.0470. The number of rotatable bonds is 6. The first-order chi connectivity index (χ1) is 13.4. The van der Waals surface area contributed by atoms with E-state index in [-0.39, 0.29) is 25.4 Å². The van der Waals surface area contributed by atoms with E-state index in [1.54, 1.807) is 0 Å². The summed E-state index contributed by atoms with van der Waals surface area (Å²) >= 11 is 0. The molecule has 0 aliphatic carbocycles. The lowest BCUT2D eigenvalue weighted by molar-refractivity contribution is -0.137. The molecule has 4 N–H and O–H groups in total. The predicted octanol–water partition coefficient (Wildman–Crippen LogP) is 1.49. The van der Waals surface area contributed by atoms with E-state index in [1.165, 1.54) is 6.07 Å². The van der Waals surface area contributed by atoms with Gasteiger partial charge in [0.05, 0.1) is 30.4 Å². The average molecular weight is 428 g/mol. The summed E-state index contributed by atoms with van der Waals surface area (Å²) in [6.07, 6.45) is -9.53. The highest BCUT2D eigenvalue weighted by Gasteiger charge is 2.36. The second-order valence-corrected chi connectivity index (χ2v) is 6.10. The zero-order valence-electron chi connectivity index (χ0n) is 14.9. The Morgan fingerprint density at radius 1 is 1.24 bits per heavy atom. The second-order valence-electron chi connectivity index (χ2n) is 6.10. The Morgan fingerprint density at radius 3 is 2.48 bits per heavy atom. The molecule has 162 valence electrons. The number of ether oxygens (including phenoxy) is 1. The van der Waals surface area contributed by atoms with Crippen molar-refractivity contribution in [2.24, 2.45) is 5.73 Å². The van der Waals surface area contributed by atoms with Crippen LogP contribution in [-0.2, 0) is 20.5 Å². The van der Waals surface area contributed by atoms with Crippen LogP contribution in [0.5, 0.6) is 0 Å². The normalized spacial score (nSPS) is 16.7. The molecule has 0 unspecified atom stereocenters. The molecule has 1 aliphatic rings. The Bertz CT molecular complexity index is 753. The van der Waals surface area contributed by atoms with Crippen molar-refractivity contribution >= 4 is 23.2 Å². The minimum Gasteiger partial charge on any atom is -0.370 e. The quantitative estimate of drug-likeness (QED) is 0.597. The van der Waals surface area contributed by atoms with Crippen molar-refractivity contribution in [1.29, 1.82) is 0 Å². The van der Waals surface area contributed by atoms with Crippen molar-refractivity contribution in [3.8, 4) is 0 Å². The number of hydrogen-bond donors (Lipinski definition) is 3. The largest absolute Gasteiger partial charge is 0.418 e. The first kappa shape index (κ1) is 22.9. The number of nitrogens with one attached hydrogen (secondary N) is 2. The van der Waals surface area contributed by atoms with Crippen LogP contribution in [0.15, 0.2) is 18.2 Å². The van der Waals surface area contributed by atoms with Crippen LogP contribution in [0, 0.1) is 0 Å². The predicted molar refractivity (Wildman–Crippen MR) is 90.1 cm³/mol. The molecule has 1 heterocycles. The van der Waals surface area contributed by atoms with Crippen LogP contribution in [0.3, 0.4) is 0 Å². The van der Waals surface area contributed by atoms with Crippen molar-refractivity contribution in [3.63, 3.8) is 0 Å². The summed E-state index contributed by atoms with van der Waals surface area (Å²) in [5, 5.41) is 3.80. The van der Waals surface area contributed by atoms with Crippen LogP contribution in [0.1, 0.15) is 5.56 Å². The Labute approximate surface area is 161 Å². The molecule has 1 aliphatic heterocycles. The first-order valence-electron chi connectivity index (χ1n) is 8.33. The van der Waals surface area contributed by atoms with Gasteiger partial charge in [0.2, 0.25) is 5.91 Å². The monoisotopic (exact) mass is 428 g/mol. The van der Waals surface area contributed by atoms with Gasteiger partial charge in [-0.1, -0.05) is 0 Å². The second kappa shape index (κ2) is 8.97. The Hall–Kier alpha value is -2.38. The minimum atomic E-state index is -4.90. The van der Waals surface area contributed by atoms with Gasteiger partial charge in [-0.3, -0.25) is 14.9 Å². The molecule has 0 saturated carbocycles. The van der Waals surface area contributed by atoms with Gasteiger partial charge in [-0.25, -0.2) is 0 Å². The van der Waals surface area contributed by atoms with E-state index in [1.807, 2.05) is 10.6 Å². The number of anilines is 2. The highest BCUT2D eigenvalue weighted by atomic mass is 19.4. The lowest BCUT2D eigenvalue weighted by atomic mass is 10.1. The average Bonchev–Trinajstić information content (AvgIpc) is 2.61. The maximum absolute atomic E-state index is 13.5. The fourth-order valence-electron chi connectivity index (χ4n) is 2.58. The molecule has 1 saturated heterocycles. The van der Waals surface area contributed by atoms with Crippen LogP contribution in [0.25, 0.3) is 0 Å². The van der Waals surface area contributed by atoms with Gasteiger partial charge in [0.25, 0.3) is 5.91 Å². The molecular weight excluding hydrogens is 410 g/mol. The molecular formula is C16H18F6N4O3. The Kier molecular flexibility index (Phi) is 7.08. The summed E-state index contributed by atoms with van der Waals surface area (Å²) in [5.41, 5.74) is 3.28. The third kappa shape index (κ3) is 6.30. The van der Waals surface area contributed by atoms with Gasteiger partial charge < -0.3 is 20.7 Å². The Morgan fingerprint density at radius 2 is 1.93 bits per heavy atom. The number of benzene rings is 1. The molecule has 2 amide bonds. The zero-order valence-corrected chi connectivity index (χ0v) is 14.9. The van der Waals surface area contributed by atoms with E-state index in [9.17, 15) is 35.9 Å². The topological polar surface area (TPSA) is 96.7 Å². The van der Waals surface area contributed by atoms with E-state index in [0.29, 0.717) is 6.07 Å². The van der Waals surface area contributed by atoms with Gasteiger partial charge in [0, 0.05) is 18.8 Å². The fourth-order valence-corrected chi connectivity index (χ4v) is 2.58. The van der Waals surface area contributed by atoms with Gasteiger partial charge in [-0.15, -0.1) is 0 Å². The van der Waals surface area contributed by atoms with Crippen molar-refractivity contribution < 1.29 is 40.7 Å². The summed E-state index contributed by atoms with van der Waals surface area (Å²) in [6, 6.07) is 1.24. The number of amides is 2. The van der Waals surface area contributed by atoms with Gasteiger partial charge in [-0.05, 0) is 18.2 Å². The van der Waals surface area contributed by atoms with Crippen LogP contribution in [-0.4, -0.2) is 56.9 Å². The maximum atomic E-state index is 13.5. The number of carbonyl (C=O) groups excluding carboxylic acids is 2. The smallest absolute Gasteiger partial charge is 0.370 e. The van der Waals surface area contributed by atoms with Crippen molar-refractivity contribution in [2.45, 2.75) is 18.4 Å². The summed E-state index contributed by atoms with van der Waals surface area (Å²) in [7, 11) is 0. The number of hydrogen-bond acceptors (Lipinski definition) is 5. The van der Waals surface area contributed by atoms with Gasteiger partial charge >= 0.3 is 12.4 Å². The fraction of sp³-hybridized carbons (Fsp3) is 0.500. The van der Waals surface area contributed by atoms with Crippen LogP contribution < -0.4 is 21.3 Å². The lowest BCUT2D eigenvalue weighted by Gasteiger charge is -2.28. The van der Waals surface area contributed by atoms with E-state index in [0.717, 1.165) is 11.0 Å². The molecule has 1 fully saturated rings. The number of morpholine rings is 1. The molecule has 0 aromatic heterocycles. The van der Waals surface area contributed by atoms with Gasteiger partial charge in [-0.2, -0.15) is 26.3 Å². The van der Waals surface area contributed by atoms with Crippen LogP contribution >= 0.6 is 0 Å². The number of alkyl halides is 6. The molecule has 0 radical (unpaired) electrons. The van der Waals surface area contributed by atoms with E-state index in [4.69, 9.17) is 10.5 Å². The van der Waals surface area contributed by atoms with E-state index in [2.05, 4.69) is 0 Å². The maximum Gasteiger partial charge on any atom is 0.418 e. The summed E-state index contributed by atoms with van der Waals surface area (Å²) < 4.78 is 82.2. The molecule has 1 aromatic rings. The number of halogens is 6. The lowest BCUT2D eigenvalue weighted by Crippen LogP contribution is -2.49. The number of nitrogens with two attached hydrogens (primary N) is 1. The zero-order chi connectivity index (χ0) is 21.8. The molecule has 2 rings (SSSR count). The summed E-state index contributed by atoms with van der Waals surface area (Å²) in [5.74, 6) is -1.68. The molecule has 1 atom stereocenters. The van der Waals surface area contributed by atoms with Crippen molar-refractivity contribution in [3.05, 3.63) is 23.8 Å². The van der Waals surface area contributed by atoms with E-state index < -0.39 is 54.5 Å². The summed E-state index contributed by atoms with van der Waals surface area (Å²) in [6.45, 7) is -2.17.